The van der Waals surface area contributed by atoms with Crippen LogP contribution < -0.4 is 5.32 Å². The van der Waals surface area contributed by atoms with Gasteiger partial charge in [-0.2, -0.15) is 0 Å². The molecule has 1 aliphatic heterocycles. The zero-order chi connectivity index (χ0) is 18.8. The van der Waals surface area contributed by atoms with Gasteiger partial charge in [-0.3, -0.25) is 9.59 Å². The summed E-state index contributed by atoms with van der Waals surface area (Å²) in [6.45, 7) is 2.40. The van der Waals surface area contributed by atoms with Crippen LogP contribution in [0.3, 0.4) is 0 Å². The number of para-hydroxylation sites is 1. The van der Waals surface area contributed by atoms with Gasteiger partial charge in [0.15, 0.2) is 0 Å². The third-order valence-corrected chi connectivity index (χ3v) is 6.32. The minimum Gasteiger partial charge on any atom is -0.378 e. The van der Waals surface area contributed by atoms with E-state index in [1.165, 1.54) is 22.3 Å². The molecule has 1 unspecified atom stereocenters. The van der Waals surface area contributed by atoms with E-state index >= 15 is 0 Å². The van der Waals surface area contributed by atoms with Gasteiger partial charge in [0.25, 0.3) is 5.91 Å². The first-order valence-corrected chi connectivity index (χ1v) is 9.97. The summed E-state index contributed by atoms with van der Waals surface area (Å²) in [5.74, 6) is -0.766. The van der Waals surface area contributed by atoms with E-state index < -0.39 is 5.82 Å². The molecule has 0 bridgehead atoms. The van der Waals surface area contributed by atoms with Gasteiger partial charge >= 0.3 is 0 Å². The molecule has 142 valence electrons. The summed E-state index contributed by atoms with van der Waals surface area (Å²) in [4.78, 5) is 29.0. The molecule has 1 aromatic carbocycles. The summed E-state index contributed by atoms with van der Waals surface area (Å²) in [5, 5.41) is 2.69. The molecule has 27 heavy (non-hydrogen) atoms. The number of rotatable bonds is 3. The van der Waals surface area contributed by atoms with Crippen LogP contribution in [0.25, 0.3) is 0 Å². The molecule has 5 nitrogen and oxygen atoms in total. The predicted octanol–water partition coefficient (Wildman–Crippen LogP) is 3.10. The van der Waals surface area contributed by atoms with Gasteiger partial charge in [-0.05, 0) is 43.0 Å². The SMILES string of the molecule is O=C(Nc1ccccc1F)C1CCc2sc(C(=O)N3CCOCC3)cc2C1. The number of fused-ring (bicyclic) bond motifs is 1. The Morgan fingerprint density at radius 1 is 1.22 bits per heavy atom. The lowest BCUT2D eigenvalue weighted by Gasteiger charge is -2.26. The molecule has 0 spiro atoms. The van der Waals surface area contributed by atoms with Crippen molar-refractivity contribution in [3.8, 4) is 0 Å². The molecule has 1 N–H and O–H groups in total. The van der Waals surface area contributed by atoms with Crippen LogP contribution in [-0.4, -0.2) is 43.0 Å². The van der Waals surface area contributed by atoms with Crippen molar-refractivity contribution in [1.82, 2.24) is 4.90 Å². The van der Waals surface area contributed by atoms with E-state index in [2.05, 4.69) is 5.32 Å². The Morgan fingerprint density at radius 3 is 2.78 bits per heavy atom. The molecule has 1 fully saturated rings. The zero-order valence-electron chi connectivity index (χ0n) is 14.9. The van der Waals surface area contributed by atoms with Gasteiger partial charge in [-0.25, -0.2) is 4.39 Å². The smallest absolute Gasteiger partial charge is 0.264 e. The molecular formula is C20H21FN2O3S. The van der Waals surface area contributed by atoms with Gasteiger partial charge in [0.05, 0.1) is 23.8 Å². The summed E-state index contributed by atoms with van der Waals surface area (Å²) in [7, 11) is 0. The molecular weight excluding hydrogens is 367 g/mol. The number of nitrogens with one attached hydrogen (secondary N) is 1. The second-order valence-electron chi connectivity index (χ2n) is 6.87. The zero-order valence-corrected chi connectivity index (χ0v) is 15.7. The summed E-state index contributed by atoms with van der Waals surface area (Å²) in [6, 6.07) is 8.11. The first-order chi connectivity index (χ1) is 13.1. The van der Waals surface area contributed by atoms with Crippen LogP contribution in [0.4, 0.5) is 10.1 Å². The normalized spacial score (nSPS) is 19.4. The fourth-order valence-corrected chi connectivity index (χ4v) is 4.75. The molecule has 2 amide bonds. The number of halogens is 1. The molecule has 1 atom stereocenters. The highest BCUT2D eigenvalue weighted by Crippen LogP contribution is 2.33. The molecule has 2 aliphatic rings. The van der Waals surface area contributed by atoms with Crippen LogP contribution >= 0.6 is 11.3 Å². The average Bonchev–Trinajstić information content (AvgIpc) is 3.13. The van der Waals surface area contributed by atoms with E-state index in [4.69, 9.17) is 4.74 Å². The summed E-state index contributed by atoms with van der Waals surface area (Å²) < 4.78 is 19.1. The first-order valence-electron chi connectivity index (χ1n) is 9.16. The van der Waals surface area contributed by atoms with Crippen molar-refractivity contribution >= 4 is 28.8 Å². The largest absolute Gasteiger partial charge is 0.378 e. The third-order valence-electron chi connectivity index (χ3n) is 5.09. The Hall–Kier alpha value is -2.25. The lowest BCUT2D eigenvalue weighted by atomic mass is 9.87. The number of hydrogen-bond donors (Lipinski definition) is 1. The monoisotopic (exact) mass is 388 g/mol. The van der Waals surface area contributed by atoms with Crippen molar-refractivity contribution in [3.05, 3.63) is 51.5 Å². The molecule has 2 heterocycles. The number of carbonyl (C=O) groups is 2. The van der Waals surface area contributed by atoms with Gasteiger partial charge < -0.3 is 15.0 Å². The van der Waals surface area contributed by atoms with E-state index in [1.54, 1.807) is 18.2 Å². The lowest BCUT2D eigenvalue weighted by molar-refractivity contribution is -0.120. The van der Waals surface area contributed by atoms with Gasteiger partial charge in [0.1, 0.15) is 5.82 Å². The molecule has 1 saturated heterocycles. The van der Waals surface area contributed by atoms with Crippen LogP contribution in [0, 0.1) is 11.7 Å². The Morgan fingerprint density at radius 2 is 2.00 bits per heavy atom. The fourth-order valence-electron chi connectivity index (χ4n) is 3.57. The molecule has 0 saturated carbocycles. The molecule has 2 aromatic rings. The lowest BCUT2D eigenvalue weighted by Crippen LogP contribution is -2.40. The Labute approximate surface area is 161 Å². The molecule has 4 rings (SSSR count). The number of amides is 2. The molecule has 7 heteroatoms. The van der Waals surface area contributed by atoms with Crippen LogP contribution in [0.1, 0.15) is 26.5 Å². The van der Waals surface area contributed by atoms with Crippen molar-refractivity contribution in [2.45, 2.75) is 19.3 Å². The maximum Gasteiger partial charge on any atom is 0.264 e. The van der Waals surface area contributed by atoms with Gasteiger partial charge in [-0.15, -0.1) is 11.3 Å². The minimum atomic E-state index is -0.434. The predicted molar refractivity (Wildman–Crippen MR) is 102 cm³/mol. The Balaban J connectivity index is 1.44. The van der Waals surface area contributed by atoms with Crippen molar-refractivity contribution in [2.75, 3.05) is 31.6 Å². The van der Waals surface area contributed by atoms with Crippen LogP contribution in [0.15, 0.2) is 30.3 Å². The van der Waals surface area contributed by atoms with Crippen LogP contribution in [0.2, 0.25) is 0 Å². The fraction of sp³-hybridized carbons (Fsp3) is 0.400. The molecule has 1 aliphatic carbocycles. The number of thiophene rings is 1. The first kappa shape index (κ1) is 18.1. The summed E-state index contributed by atoms with van der Waals surface area (Å²) in [5.41, 5.74) is 1.28. The number of hydrogen-bond acceptors (Lipinski definition) is 4. The van der Waals surface area contributed by atoms with Crippen LogP contribution in [-0.2, 0) is 22.4 Å². The van der Waals surface area contributed by atoms with E-state index in [1.807, 2.05) is 11.0 Å². The number of nitrogens with zero attached hydrogens (tertiary/aromatic N) is 1. The van der Waals surface area contributed by atoms with Crippen LogP contribution in [0.5, 0.6) is 0 Å². The minimum absolute atomic E-state index is 0.0464. The standard InChI is InChI=1S/C20H21FN2O3S/c21-15-3-1-2-4-16(15)22-19(24)13-5-6-17-14(11-13)12-18(27-17)20(25)23-7-9-26-10-8-23/h1-4,12-13H,5-11H2,(H,22,24). The number of morpholine rings is 1. The van der Waals surface area contributed by atoms with E-state index in [9.17, 15) is 14.0 Å². The maximum atomic E-state index is 13.8. The van der Waals surface area contributed by atoms with E-state index in [0.29, 0.717) is 39.1 Å². The third kappa shape index (κ3) is 3.89. The highest BCUT2D eigenvalue weighted by Gasteiger charge is 2.29. The number of ether oxygens (including phenoxy) is 1. The highest BCUT2D eigenvalue weighted by atomic mass is 32.1. The number of aryl methyl sites for hydroxylation is 1. The molecule has 0 radical (unpaired) electrons. The Bertz CT molecular complexity index is 861. The quantitative estimate of drug-likeness (QED) is 0.879. The highest BCUT2D eigenvalue weighted by molar-refractivity contribution is 7.14. The van der Waals surface area contributed by atoms with E-state index in [0.717, 1.165) is 16.9 Å². The maximum absolute atomic E-state index is 13.8. The van der Waals surface area contributed by atoms with Gasteiger partial charge in [0.2, 0.25) is 5.91 Å². The number of carbonyl (C=O) groups excluding carboxylic acids is 2. The van der Waals surface area contributed by atoms with Gasteiger partial charge in [-0.1, -0.05) is 12.1 Å². The van der Waals surface area contributed by atoms with Crippen molar-refractivity contribution < 1.29 is 18.7 Å². The van der Waals surface area contributed by atoms with Crippen molar-refractivity contribution in [2.24, 2.45) is 5.92 Å². The number of benzene rings is 1. The van der Waals surface area contributed by atoms with Gasteiger partial charge in [0, 0.05) is 23.9 Å². The number of anilines is 1. The van der Waals surface area contributed by atoms with Crippen molar-refractivity contribution in [3.63, 3.8) is 0 Å². The average molecular weight is 388 g/mol. The van der Waals surface area contributed by atoms with Crippen molar-refractivity contribution in [1.29, 1.82) is 0 Å². The second-order valence-corrected chi connectivity index (χ2v) is 8.01. The second kappa shape index (κ2) is 7.78. The topological polar surface area (TPSA) is 58.6 Å². The summed E-state index contributed by atoms with van der Waals surface area (Å²) >= 11 is 1.53. The summed E-state index contributed by atoms with van der Waals surface area (Å²) in [6.07, 6.45) is 2.06. The van der Waals surface area contributed by atoms with E-state index in [-0.39, 0.29) is 23.4 Å². The Kier molecular flexibility index (Phi) is 5.22. The molecule has 1 aromatic heterocycles.